The number of amides is 4. The molecular formula is C47H63N5O7. The van der Waals surface area contributed by atoms with E-state index in [0.717, 1.165) is 75.3 Å². The van der Waals surface area contributed by atoms with E-state index in [-0.39, 0.29) is 58.9 Å². The molecule has 4 fully saturated rings. The van der Waals surface area contributed by atoms with Crippen molar-refractivity contribution in [2.75, 3.05) is 23.7 Å². The van der Waals surface area contributed by atoms with Gasteiger partial charge < -0.3 is 34.3 Å². The molecule has 0 spiro atoms. The van der Waals surface area contributed by atoms with E-state index in [1.165, 1.54) is 0 Å². The van der Waals surface area contributed by atoms with Crippen molar-refractivity contribution in [1.82, 2.24) is 14.8 Å². The number of aromatic nitrogens is 1. The maximum Gasteiger partial charge on any atom is 0.247 e. The second-order valence-corrected chi connectivity index (χ2v) is 19.0. The molecule has 2 N–H and O–H groups in total. The molecule has 2 saturated carbocycles. The van der Waals surface area contributed by atoms with Crippen LogP contribution in [0.15, 0.2) is 59.1 Å². The van der Waals surface area contributed by atoms with Crippen LogP contribution in [0, 0.1) is 11.8 Å². The number of oxazole rings is 1. The van der Waals surface area contributed by atoms with E-state index < -0.39 is 12.1 Å². The van der Waals surface area contributed by atoms with E-state index >= 15 is 0 Å². The van der Waals surface area contributed by atoms with Gasteiger partial charge >= 0.3 is 0 Å². The molecule has 7 rings (SSSR count). The number of nitrogens with one attached hydrogen (secondary N) is 2. The lowest BCUT2D eigenvalue weighted by Crippen LogP contribution is -2.46. The molecule has 1 aromatic heterocycles. The van der Waals surface area contributed by atoms with Gasteiger partial charge in [-0.2, -0.15) is 0 Å². The summed E-state index contributed by atoms with van der Waals surface area (Å²) < 4.78 is 18.7. The Hall–Kier alpha value is -4.55. The number of nitrogens with zero attached hydrogens (tertiary/aromatic N) is 3. The summed E-state index contributed by atoms with van der Waals surface area (Å²) in [6, 6.07) is 13.5. The Morgan fingerprint density at radius 1 is 0.610 bits per heavy atom. The lowest BCUT2D eigenvalue weighted by atomic mass is 9.88. The zero-order valence-corrected chi connectivity index (χ0v) is 35.8. The van der Waals surface area contributed by atoms with Crippen LogP contribution in [0.2, 0.25) is 0 Å². The van der Waals surface area contributed by atoms with Crippen molar-refractivity contribution in [2.45, 2.75) is 154 Å². The van der Waals surface area contributed by atoms with Gasteiger partial charge in [0.05, 0.1) is 29.6 Å². The standard InChI is InChI=1S/C47H63N5O7/c1-46(2,3)58-36-25-38(51(28-36)44(55)32-13-9-7-10-14-32)41(53)49-34-21-17-30(18-22-34)40-27-48-43(57-40)31-19-23-35(24-20-31)50-42(54)39-26-37(59-47(4,5)6)29-52(39)45(56)33-15-11-8-12-16-33/h17-24,27,32-33,36-39H,7-16,25-26,28-29H2,1-6H3,(H,49,53)(H,50,54)/t36-,37-,38+,39+/m1/s1. The molecule has 2 aliphatic heterocycles. The van der Waals surface area contributed by atoms with Gasteiger partial charge in [-0.15, -0.1) is 0 Å². The molecule has 4 aliphatic rings. The molecule has 2 saturated heterocycles. The maximum atomic E-state index is 13.7. The molecule has 0 bridgehead atoms. The van der Waals surface area contributed by atoms with Crippen molar-refractivity contribution in [3.05, 3.63) is 54.7 Å². The molecule has 2 aromatic carbocycles. The van der Waals surface area contributed by atoms with Crippen LogP contribution in [0.1, 0.15) is 119 Å². The normalized spacial score (nSPS) is 23.4. The quantitative estimate of drug-likeness (QED) is 0.207. The Bertz CT molecular complexity index is 1800. The van der Waals surface area contributed by atoms with Gasteiger partial charge in [0.25, 0.3) is 0 Å². The predicted octanol–water partition coefficient (Wildman–Crippen LogP) is 8.62. The van der Waals surface area contributed by atoms with Gasteiger partial charge in [0.2, 0.25) is 29.5 Å². The van der Waals surface area contributed by atoms with Gasteiger partial charge in [-0.25, -0.2) is 4.98 Å². The molecule has 0 radical (unpaired) electrons. The summed E-state index contributed by atoms with van der Waals surface area (Å²) in [5.41, 5.74) is 2.01. The van der Waals surface area contributed by atoms with Crippen molar-refractivity contribution in [2.24, 2.45) is 11.8 Å². The second-order valence-electron chi connectivity index (χ2n) is 19.0. The first-order chi connectivity index (χ1) is 28.1. The van der Waals surface area contributed by atoms with E-state index in [9.17, 15) is 19.2 Å². The van der Waals surface area contributed by atoms with Gasteiger partial charge in [0.15, 0.2) is 5.76 Å². The highest BCUT2D eigenvalue weighted by atomic mass is 16.5. The fourth-order valence-corrected chi connectivity index (χ4v) is 9.32. The smallest absolute Gasteiger partial charge is 0.247 e. The summed E-state index contributed by atoms with van der Waals surface area (Å²) in [6.07, 6.45) is 12.2. The molecule has 12 heteroatoms. The minimum atomic E-state index is -0.598. The van der Waals surface area contributed by atoms with E-state index in [2.05, 4.69) is 15.6 Å². The second kappa shape index (κ2) is 18.0. The summed E-state index contributed by atoms with van der Waals surface area (Å²) in [5, 5.41) is 6.08. The molecule has 59 heavy (non-hydrogen) atoms. The van der Waals surface area contributed by atoms with E-state index in [0.29, 0.717) is 49.0 Å². The Labute approximate surface area is 349 Å². The lowest BCUT2D eigenvalue weighted by Gasteiger charge is -2.30. The first-order valence-corrected chi connectivity index (χ1v) is 21.9. The number of carbonyl (C=O) groups is 4. The van der Waals surface area contributed by atoms with Crippen molar-refractivity contribution in [1.29, 1.82) is 0 Å². The minimum Gasteiger partial charge on any atom is -0.436 e. The van der Waals surface area contributed by atoms with Crippen LogP contribution < -0.4 is 10.6 Å². The molecule has 4 amide bonds. The van der Waals surface area contributed by atoms with Crippen LogP contribution >= 0.6 is 0 Å². The maximum absolute atomic E-state index is 13.7. The third-order valence-corrected chi connectivity index (χ3v) is 12.0. The van der Waals surface area contributed by atoms with Gasteiger partial charge in [-0.05, 0) is 116 Å². The summed E-state index contributed by atoms with van der Waals surface area (Å²) in [6.45, 7) is 12.8. The van der Waals surface area contributed by atoms with Crippen LogP contribution in [-0.4, -0.2) is 87.0 Å². The summed E-state index contributed by atoms with van der Waals surface area (Å²) in [4.78, 5) is 62.8. The van der Waals surface area contributed by atoms with Gasteiger partial charge in [0, 0.05) is 60.3 Å². The number of carbonyl (C=O) groups excluding carboxylic acids is 4. The Kier molecular flexibility index (Phi) is 13.0. The Morgan fingerprint density at radius 3 is 1.42 bits per heavy atom. The Balaban J connectivity index is 0.966. The fourth-order valence-electron chi connectivity index (χ4n) is 9.32. The first-order valence-electron chi connectivity index (χ1n) is 21.9. The monoisotopic (exact) mass is 809 g/mol. The summed E-state index contributed by atoms with van der Waals surface area (Å²) in [5.74, 6) is 0.633. The predicted molar refractivity (Wildman–Crippen MR) is 227 cm³/mol. The third-order valence-electron chi connectivity index (χ3n) is 12.0. The number of rotatable bonds is 10. The zero-order chi connectivity index (χ0) is 41.9. The van der Waals surface area contributed by atoms with Gasteiger partial charge in [0.1, 0.15) is 12.1 Å². The number of hydrogen-bond acceptors (Lipinski definition) is 8. The number of anilines is 2. The molecule has 0 unspecified atom stereocenters. The number of likely N-dealkylation sites (tertiary alicyclic amines) is 2. The van der Waals surface area contributed by atoms with Crippen LogP contribution in [0.4, 0.5) is 11.4 Å². The SMILES string of the molecule is CC(C)(C)O[C@@H]1C[C@@H](C(=O)Nc2ccc(-c3cnc(-c4ccc(NC(=O)[C@@H]5C[C@@H](OC(C)(C)C)CN5C(=O)C5CCCCC5)cc4)o3)cc2)N(C(=O)C2CCCCC2)C1. The van der Waals surface area contributed by atoms with E-state index in [1.807, 2.05) is 90.1 Å². The van der Waals surface area contributed by atoms with Crippen molar-refractivity contribution in [3.8, 4) is 22.8 Å². The first kappa shape index (κ1) is 42.6. The largest absolute Gasteiger partial charge is 0.436 e. The number of hydrogen-bond donors (Lipinski definition) is 2. The molecule has 12 nitrogen and oxygen atoms in total. The van der Waals surface area contributed by atoms with Crippen LogP contribution in [0.5, 0.6) is 0 Å². The van der Waals surface area contributed by atoms with Crippen LogP contribution in [-0.2, 0) is 28.7 Å². The minimum absolute atomic E-state index is 0.0310. The van der Waals surface area contributed by atoms with E-state index in [4.69, 9.17) is 13.9 Å². The highest BCUT2D eigenvalue weighted by molar-refractivity contribution is 5.99. The van der Waals surface area contributed by atoms with Crippen molar-refractivity contribution >= 4 is 35.0 Å². The fraction of sp³-hybridized carbons (Fsp3) is 0.596. The van der Waals surface area contributed by atoms with Crippen molar-refractivity contribution in [3.63, 3.8) is 0 Å². The average Bonchev–Trinajstić information content (AvgIpc) is 3.97. The number of benzene rings is 2. The van der Waals surface area contributed by atoms with Crippen LogP contribution in [0.25, 0.3) is 22.8 Å². The average molecular weight is 810 g/mol. The molecule has 2 aliphatic carbocycles. The Morgan fingerprint density at radius 2 is 1.02 bits per heavy atom. The van der Waals surface area contributed by atoms with Crippen LogP contribution in [0.3, 0.4) is 0 Å². The zero-order valence-electron chi connectivity index (χ0n) is 35.8. The van der Waals surface area contributed by atoms with E-state index in [1.54, 1.807) is 16.0 Å². The lowest BCUT2D eigenvalue weighted by molar-refractivity contribution is -0.141. The molecule has 4 atom stereocenters. The molecule has 318 valence electrons. The summed E-state index contributed by atoms with van der Waals surface area (Å²) in [7, 11) is 0. The van der Waals surface area contributed by atoms with Crippen molar-refractivity contribution < 1.29 is 33.1 Å². The number of ether oxygens (including phenoxy) is 2. The third kappa shape index (κ3) is 10.8. The molecule has 3 heterocycles. The van der Waals surface area contributed by atoms with Gasteiger partial charge in [-0.1, -0.05) is 38.5 Å². The summed E-state index contributed by atoms with van der Waals surface area (Å²) >= 11 is 0. The highest BCUT2D eigenvalue weighted by Gasteiger charge is 2.45. The molecular weight excluding hydrogens is 747 g/mol. The topological polar surface area (TPSA) is 143 Å². The van der Waals surface area contributed by atoms with Gasteiger partial charge in [-0.3, -0.25) is 19.2 Å². The highest BCUT2D eigenvalue weighted by Crippen LogP contribution is 2.34. The molecule has 3 aromatic rings.